The Balaban J connectivity index is -0.000000521. The van der Waals surface area contributed by atoms with Crippen LogP contribution in [-0.2, 0) is 4.79 Å². The number of carboxylic acids is 1. The predicted molar refractivity (Wildman–Crippen MR) is 117 cm³/mol. The Morgan fingerprint density at radius 1 is 0.607 bits per heavy atom. The number of carboxylic acid groups (broad SMARTS) is 1. The van der Waals surface area contributed by atoms with Crippen molar-refractivity contribution in [3.8, 4) is 0 Å². The van der Waals surface area contributed by atoms with Crippen LogP contribution in [0.25, 0.3) is 0 Å². The van der Waals surface area contributed by atoms with Gasteiger partial charge < -0.3 is 7.96 Å². The maximum Gasteiger partial charge on any atom is 1.00 e. The smallest absolute Gasteiger partial charge is 1.00 e. The summed E-state index contributed by atoms with van der Waals surface area (Å²) in [5.41, 5.74) is 0. The zero-order chi connectivity index (χ0) is 19.1. The topological polar surface area (TPSA) is 37.3 Å². The van der Waals surface area contributed by atoms with Crippen molar-refractivity contribution in [1.29, 1.82) is 0 Å². The fraction of sp³-hybridized carbons (Fsp3) is 0.875. The van der Waals surface area contributed by atoms with E-state index in [2.05, 4.69) is 19.1 Å². The quantitative estimate of drug-likeness (QED) is 0.167. The molecule has 0 aromatic carbocycles. The van der Waals surface area contributed by atoms with E-state index in [9.17, 15) is 4.79 Å². The number of hydrogen-bond acceptors (Lipinski definition) is 1. The van der Waals surface area contributed by atoms with E-state index in [0.29, 0.717) is 6.42 Å². The third-order valence-corrected chi connectivity index (χ3v) is 5.15. The van der Waals surface area contributed by atoms with E-state index in [4.69, 9.17) is 5.11 Å². The van der Waals surface area contributed by atoms with Gasteiger partial charge in [0.15, 0.2) is 0 Å². The summed E-state index contributed by atoms with van der Waals surface area (Å²) in [5, 5.41) is 8.57. The van der Waals surface area contributed by atoms with Crippen molar-refractivity contribution < 1.29 is 116 Å². The molecule has 0 spiro atoms. The molecule has 1 N–H and O–H groups in total. The van der Waals surface area contributed by atoms with Gasteiger partial charge in [0.05, 0.1) is 0 Å². The van der Waals surface area contributed by atoms with E-state index in [-0.39, 0.29) is 106 Å². The Morgan fingerprint density at radius 2 is 0.929 bits per heavy atom. The molecule has 0 atom stereocenters. The minimum Gasteiger partial charge on any atom is -1.00 e. The molecule has 0 fully saturated rings. The van der Waals surface area contributed by atoms with Crippen LogP contribution < -0.4 is 103 Å². The number of allylic oxidation sites excluding steroid dienone is 2. The Kier molecular flexibility index (Phi) is 39.7. The maximum atomic E-state index is 10.4. The van der Waals surface area contributed by atoms with Gasteiger partial charge in [-0.3, -0.25) is 4.79 Å². The number of aliphatic carboxylic acids is 1. The van der Waals surface area contributed by atoms with Gasteiger partial charge in [-0.25, -0.2) is 0 Å². The summed E-state index contributed by atoms with van der Waals surface area (Å²) in [6, 6.07) is 0. The Hall–Kier alpha value is 2.48. The molecule has 158 valence electrons. The molecule has 0 rings (SSSR count). The van der Waals surface area contributed by atoms with Crippen LogP contribution in [0.2, 0.25) is 0 Å². The summed E-state index contributed by atoms with van der Waals surface area (Å²) in [6.45, 7) is 2.28. The van der Waals surface area contributed by atoms with Crippen LogP contribution in [0.1, 0.15) is 138 Å². The van der Waals surface area contributed by atoms with Gasteiger partial charge in [0.1, 0.15) is 0 Å². The van der Waals surface area contributed by atoms with Crippen LogP contribution in [0.3, 0.4) is 0 Å². The first kappa shape index (κ1) is 35.1. The molecule has 0 amide bonds. The summed E-state index contributed by atoms with van der Waals surface area (Å²) in [4.78, 5) is 10.4. The van der Waals surface area contributed by atoms with Gasteiger partial charge in [-0.15, -0.1) is 0 Å². The summed E-state index contributed by atoms with van der Waals surface area (Å²) in [5.74, 6) is -0.654. The molecule has 0 saturated carbocycles. The molecular formula is C24H48K2O2. The van der Waals surface area contributed by atoms with Crippen molar-refractivity contribution in [2.24, 2.45) is 0 Å². The van der Waals surface area contributed by atoms with Crippen LogP contribution in [-0.4, -0.2) is 11.1 Å². The van der Waals surface area contributed by atoms with Crippen molar-refractivity contribution in [2.45, 2.75) is 135 Å². The SMILES string of the molecule is CCCCCCCC/C=C\CCCCCCCCCCCCCC(=O)O.[H-].[H-].[K+].[K+]. The van der Waals surface area contributed by atoms with E-state index in [1.807, 2.05) is 0 Å². The number of rotatable bonds is 21. The monoisotopic (exact) mass is 446 g/mol. The van der Waals surface area contributed by atoms with Gasteiger partial charge in [-0.2, -0.15) is 0 Å². The normalized spacial score (nSPS) is 10.6. The molecule has 0 aliphatic heterocycles. The van der Waals surface area contributed by atoms with Gasteiger partial charge in [0.25, 0.3) is 0 Å². The second-order valence-electron chi connectivity index (χ2n) is 7.85. The Labute approximate surface area is 264 Å². The summed E-state index contributed by atoms with van der Waals surface area (Å²) in [6.07, 6.45) is 30.1. The van der Waals surface area contributed by atoms with Gasteiger partial charge in [-0.1, -0.05) is 109 Å². The van der Waals surface area contributed by atoms with Crippen molar-refractivity contribution in [3.63, 3.8) is 0 Å². The number of hydrogen-bond donors (Lipinski definition) is 1. The van der Waals surface area contributed by atoms with Crippen LogP contribution >= 0.6 is 0 Å². The van der Waals surface area contributed by atoms with Gasteiger partial charge in [0, 0.05) is 6.42 Å². The molecule has 0 aliphatic carbocycles. The summed E-state index contributed by atoms with van der Waals surface area (Å²) in [7, 11) is 0. The molecule has 4 heteroatoms. The first-order valence-corrected chi connectivity index (χ1v) is 11.6. The zero-order valence-corrected chi connectivity index (χ0v) is 25.9. The van der Waals surface area contributed by atoms with Crippen LogP contribution in [0, 0.1) is 0 Å². The number of unbranched alkanes of at least 4 members (excludes halogenated alkanes) is 17. The number of carbonyl (C=O) groups is 1. The molecule has 0 saturated heterocycles. The molecule has 0 radical (unpaired) electrons. The minimum absolute atomic E-state index is 0. The predicted octanol–water partition coefficient (Wildman–Crippen LogP) is 2.68. The molecule has 0 aliphatic rings. The third kappa shape index (κ3) is 33.1. The van der Waals surface area contributed by atoms with Crippen LogP contribution in [0.15, 0.2) is 12.2 Å². The van der Waals surface area contributed by atoms with Crippen molar-refractivity contribution in [2.75, 3.05) is 0 Å². The van der Waals surface area contributed by atoms with Gasteiger partial charge >= 0.3 is 109 Å². The third-order valence-electron chi connectivity index (χ3n) is 5.15. The molecular weight excluding hydrogens is 398 g/mol. The van der Waals surface area contributed by atoms with Crippen LogP contribution in [0.5, 0.6) is 0 Å². The fourth-order valence-electron chi connectivity index (χ4n) is 3.41. The minimum atomic E-state index is -0.654. The van der Waals surface area contributed by atoms with E-state index < -0.39 is 5.97 Å². The first-order chi connectivity index (χ1) is 12.8. The Bertz CT molecular complexity index is 330. The van der Waals surface area contributed by atoms with Crippen molar-refractivity contribution in [3.05, 3.63) is 12.2 Å². The van der Waals surface area contributed by atoms with E-state index in [1.165, 1.54) is 109 Å². The molecule has 2 nitrogen and oxygen atoms in total. The molecule has 0 aromatic heterocycles. The second-order valence-corrected chi connectivity index (χ2v) is 7.85. The Morgan fingerprint density at radius 3 is 1.29 bits per heavy atom. The van der Waals surface area contributed by atoms with Crippen molar-refractivity contribution >= 4 is 5.97 Å². The van der Waals surface area contributed by atoms with Crippen molar-refractivity contribution in [1.82, 2.24) is 0 Å². The first-order valence-electron chi connectivity index (χ1n) is 11.6. The average Bonchev–Trinajstić information content (AvgIpc) is 2.62. The van der Waals surface area contributed by atoms with E-state index in [1.54, 1.807) is 0 Å². The zero-order valence-electron chi connectivity index (χ0n) is 21.7. The fourth-order valence-corrected chi connectivity index (χ4v) is 3.41. The summed E-state index contributed by atoms with van der Waals surface area (Å²) < 4.78 is 0. The maximum absolute atomic E-state index is 10.4. The molecule has 0 unspecified atom stereocenters. The van der Waals surface area contributed by atoms with Crippen LogP contribution in [0.4, 0.5) is 0 Å². The molecule has 28 heavy (non-hydrogen) atoms. The summed E-state index contributed by atoms with van der Waals surface area (Å²) >= 11 is 0. The van der Waals surface area contributed by atoms with Gasteiger partial charge in [-0.05, 0) is 32.1 Å². The molecule has 0 heterocycles. The average molecular weight is 447 g/mol. The molecule has 0 aromatic rings. The standard InChI is InChI=1S/C24H46O2.2K.2H/c1-2-3-4-5-6-7-8-9-10-11-12-13-14-15-16-17-18-19-20-21-22-23-24(25)26;;;;/h9-10H,2-8,11-23H2,1H3,(H,25,26);;;;/q;2*+1;2*-1/b10-9-;;;;. The van der Waals surface area contributed by atoms with Gasteiger partial charge in [0.2, 0.25) is 0 Å². The second kappa shape index (κ2) is 31.7. The van der Waals surface area contributed by atoms with E-state index in [0.717, 1.165) is 12.8 Å². The van der Waals surface area contributed by atoms with E-state index >= 15 is 0 Å². The molecule has 0 bridgehead atoms. The largest absolute Gasteiger partial charge is 1.00 e.